The Balaban J connectivity index is 2.06. The molecule has 1 aromatic heterocycles. The molecule has 0 aliphatic carbocycles. The van der Waals surface area contributed by atoms with E-state index >= 15 is 0 Å². The largest absolute Gasteiger partial charge is 0.443 e. The van der Waals surface area contributed by atoms with Crippen LogP contribution in [-0.2, 0) is 5.41 Å². The maximum absolute atomic E-state index is 9.31. The summed E-state index contributed by atoms with van der Waals surface area (Å²) in [5, 5.41) is 9.31. The molecule has 1 saturated heterocycles. The average Bonchev–Trinajstić information content (AvgIpc) is 2.87. The summed E-state index contributed by atoms with van der Waals surface area (Å²) in [4.78, 5) is 6.80. The topological polar surface area (TPSA) is 49.5 Å². The molecule has 1 N–H and O–H groups in total. The Kier molecular flexibility index (Phi) is 4.31. The molecule has 1 aliphatic heterocycles. The van der Waals surface area contributed by atoms with Crippen molar-refractivity contribution in [2.24, 2.45) is 5.92 Å². The molecule has 2 atom stereocenters. The van der Waals surface area contributed by atoms with E-state index in [0.29, 0.717) is 5.92 Å². The second-order valence-electron chi connectivity index (χ2n) is 6.67. The predicted octanol–water partition coefficient (Wildman–Crippen LogP) is 2.74. The first-order valence-corrected chi connectivity index (χ1v) is 7.23. The van der Waals surface area contributed by atoms with Crippen molar-refractivity contribution >= 4 is 0 Å². The highest BCUT2D eigenvalue weighted by Crippen LogP contribution is 2.29. The van der Waals surface area contributed by atoms with Crippen molar-refractivity contribution < 1.29 is 9.52 Å². The standard InChI is InChI=1S/C15H26N2O2/c1-11(17-7-5-6-12(9-17)10-18)14-16-8-13(19-14)15(2,3)4/h8,11-12,18H,5-7,9-10H2,1-4H3. The van der Waals surface area contributed by atoms with Gasteiger partial charge in [-0.15, -0.1) is 0 Å². The Bertz CT molecular complexity index is 409. The summed E-state index contributed by atoms with van der Waals surface area (Å²) in [7, 11) is 0. The minimum atomic E-state index is 0.000498. The van der Waals surface area contributed by atoms with Crippen LogP contribution >= 0.6 is 0 Å². The van der Waals surface area contributed by atoms with Crippen LogP contribution < -0.4 is 0 Å². The number of aliphatic hydroxyl groups is 1. The van der Waals surface area contributed by atoms with Crippen LogP contribution in [0.25, 0.3) is 0 Å². The number of hydrogen-bond acceptors (Lipinski definition) is 4. The number of likely N-dealkylation sites (tertiary alicyclic amines) is 1. The van der Waals surface area contributed by atoms with Gasteiger partial charge in [0.05, 0.1) is 12.2 Å². The van der Waals surface area contributed by atoms with Gasteiger partial charge >= 0.3 is 0 Å². The molecule has 0 aromatic carbocycles. The molecule has 108 valence electrons. The van der Waals surface area contributed by atoms with Crippen molar-refractivity contribution in [1.82, 2.24) is 9.88 Å². The molecule has 0 saturated carbocycles. The monoisotopic (exact) mass is 266 g/mol. The van der Waals surface area contributed by atoms with Crippen molar-refractivity contribution in [3.63, 3.8) is 0 Å². The van der Waals surface area contributed by atoms with Gasteiger partial charge in [0.15, 0.2) is 0 Å². The van der Waals surface area contributed by atoms with Gasteiger partial charge in [0.25, 0.3) is 0 Å². The Morgan fingerprint density at radius 2 is 2.26 bits per heavy atom. The van der Waals surface area contributed by atoms with Gasteiger partial charge in [-0.25, -0.2) is 4.98 Å². The molecule has 0 amide bonds. The molecular formula is C15H26N2O2. The third-order valence-electron chi connectivity index (χ3n) is 3.98. The number of aromatic nitrogens is 1. The average molecular weight is 266 g/mol. The molecule has 4 heteroatoms. The first kappa shape index (κ1) is 14.5. The van der Waals surface area contributed by atoms with Crippen LogP contribution in [0.4, 0.5) is 0 Å². The third kappa shape index (κ3) is 3.37. The van der Waals surface area contributed by atoms with Gasteiger partial charge in [0.2, 0.25) is 5.89 Å². The van der Waals surface area contributed by atoms with E-state index in [9.17, 15) is 5.11 Å². The maximum Gasteiger partial charge on any atom is 0.211 e. The van der Waals surface area contributed by atoms with Gasteiger partial charge in [-0.1, -0.05) is 20.8 Å². The summed E-state index contributed by atoms with van der Waals surface area (Å²) in [6, 6.07) is 0.186. The highest BCUT2D eigenvalue weighted by atomic mass is 16.4. The van der Waals surface area contributed by atoms with E-state index < -0.39 is 0 Å². The Morgan fingerprint density at radius 3 is 2.84 bits per heavy atom. The Morgan fingerprint density at radius 1 is 1.53 bits per heavy atom. The fourth-order valence-electron chi connectivity index (χ4n) is 2.58. The Hall–Kier alpha value is -0.870. The molecule has 1 aromatic rings. The Labute approximate surface area is 115 Å². The van der Waals surface area contributed by atoms with E-state index in [0.717, 1.165) is 37.6 Å². The molecule has 2 unspecified atom stereocenters. The zero-order valence-corrected chi connectivity index (χ0v) is 12.5. The minimum absolute atomic E-state index is 0.000498. The fraction of sp³-hybridized carbons (Fsp3) is 0.800. The van der Waals surface area contributed by atoms with Crippen molar-refractivity contribution in [3.8, 4) is 0 Å². The van der Waals surface area contributed by atoms with Crippen LogP contribution in [0, 0.1) is 5.92 Å². The smallest absolute Gasteiger partial charge is 0.211 e. The van der Waals surface area contributed by atoms with Gasteiger partial charge < -0.3 is 9.52 Å². The molecule has 4 nitrogen and oxygen atoms in total. The van der Waals surface area contributed by atoms with Gasteiger partial charge in [0.1, 0.15) is 5.76 Å². The van der Waals surface area contributed by atoms with Gasteiger partial charge in [0, 0.05) is 18.6 Å². The highest BCUT2D eigenvalue weighted by Gasteiger charge is 2.28. The lowest BCUT2D eigenvalue weighted by Gasteiger charge is -2.34. The lowest BCUT2D eigenvalue weighted by atomic mass is 9.94. The van der Waals surface area contributed by atoms with E-state index in [2.05, 4.69) is 37.6 Å². The molecule has 19 heavy (non-hydrogen) atoms. The number of aliphatic hydroxyl groups excluding tert-OH is 1. The first-order chi connectivity index (χ1) is 8.91. The summed E-state index contributed by atoms with van der Waals surface area (Å²) in [5.41, 5.74) is 0.000498. The normalized spacial score (nSPS) is 23.5. The summed E-state index contributed by atoms with van der Waals surface area (Å²) in [5.74, 6) is 2.13. The molecule has 1 aliphatic rings. The zero-order valence-electron chi connectivity index (χ0n) is 12.5. The maximum atomic E-state index is 9.31. The number of hydrogen-bond donors (Lipinski definition) is 1. The third-order valence-corrected chi connectivity index (χ3v) is 3.98. The number of nitrogens with zero attached hydrogens (tertiary/aromatic N) is 2. The zero-order chi connectivity index (χ0) is 14.0. The minimum Gasteiger partial charge on any atom is -0.443 e. The lowest BCUT2D eigenvalue weighted by Crippen LogP contribution is -2.38. The summed E-state index contributed by atoms with van der Waals surface area (Å²) in [6.07, 6.45) is 4.11. The van der Waals surface area contributed by atoms with Crippen LogP contribution in [0.5, 0.6) is 0 Å². The molecular weight excluding hydrogens is 240 g/mol. The number of oxazole rings is 1. The number of rotatable bonds is 3. The molecule has 0 bridgehead atoms. The van der Waals surface area contributed by atoms with E-state index in [1.165, 1.54) is 0 Å². The van der Waals surface area contributed by atoms with E-state index in [1.807, 2.05) is 6.20 Å². The second-order valence-corrected chi connectivity index (χ2v) is 6.67. The first-order valence-electron chi connectivity index (χ1n) is 7.23. The van der Waals surface area contributed by atoms with E-state index in [1.54, 1.807) is 0 Å². The van der Waals surface area contributed by atoms with Gasteiger partial charge in [-0.05, 0) is 32.2 Å². The van der Waals surface area contributed by atoms with Crippen LogP contribution in [-0.4, -0.2) is 34.7 Å². The van der Waals surface area contributed by atoms with Crippen LogP contribution in [0.15, 0.2) is 10.6 Å². The quantitative estimate of drug-likeness (QED) is 0.914. The summed E-state index contributed by atoms with van der Waals surface area (Å²) >= 11 is 0. The van der Waals surface area contributed by atoms with Gasteiger partial charge in [-0.2, -0.15) is 0 Å². The molecule has 1 fully saturated rings. The van der Waals surface area contributed by atoms with E-state index in [-0.39, 0.29) is 18.1 Å². The second kappa shape index (κ2) is 5.63. The summed E-state index contributed by atoms with van der Waals surface area (Å²) < 4.78 is 5.92. The predicted molar refractivity (Wildman–Crippen MR) is 75.0 cm³/mol. The van der Waals surface area contributed by atoms with E-state index in [4.69, 9.17) is 4.42 Å². The van der Waals surface area contributed by atoms with Crippen molar-refractivity contribution in [1.29, 1.82) is 0 Å². The number of piperidine rings is 1. The molecule has 2 heterocycles. The van der Waals surface area contributed by atoms with Crippen LogP contribution in [0.3, 0.4) is 0 Å². The molecule has 0 spiro atoms. The molecule has 0 radical (unpaired) electrons. The van der Waals surface area contributed by atoms with Crippen molar-refractivity contribution in [2.75, 3.05) is 19.7 Å². The lowest BCUT2D eigenvalue weighted by molar-refractivity contribution is 0.0827. The highest BCUT2D eigenvalue weighted by molar-refractivity contribution is 5.07. The summed E-state index contributed by atoms with van der Waals surface area (Å²) in [6.45, 7) is 10.8. The van der Waals surface area contributed by atoms with Crippen molar-refractivity contribution in [3.05, 3.63) is 17.8 Å². The SMILES string of the molecule is CC(c1ncc(C(C)(C)C)o1)N1CCCC(CO)C1. The molecule has 2 rings (SSSR count). The van der Waals surface area contributed by atoms with Crippen molar-refractivity contribution in [2.45, 2.75) is 52.0 Å². The fourth-order valence-corrected chi connectivity index (χ4v) is 2.58. The van der Waals surface area contributed by atoms with Gasteiger partial charge in [-0.3, -0.25) is 4.90 Å². The van der Waals surface area contributed by atoms with Crippen LogP contribution in [0.2, 0.25) is 0 Å². The van der Waals surface area contributed by atoms with Crippen LogP contribution in [0.1, 0.15) is 58.2 Å².